The van der Waals surface area contributed by atoms with Crippen molar-refractivity contribution in [1.82, 2.24) is 20.3 Å². The van der Waals surface area contributed by atoms with Crippen LogP contribution in [-0.2, 0) is 27.2 Å². The highest BCUT2D eigenvalue weighted by atomic mass is 35.5. The zero-order valence-corrected chi connectivity index (χ0v) is 23.2. The number of pyridine rings is 3. The van der Waals surface area contributed by atoms with E-state index in [0.717, 1.165) is 31.4 Å². The molecule has 10 nitrogen and oxygen atoms in total. The number of carbonyl (C=O) groups excluding carboxylic acids is 1. The Morgan fingerprint density at radius 1 is 1.12 bits per heavy atom. The number of nitrogens with zero attached hydrogens (tertiary/aromatic N) is 3. The fourth-order valence-corrected chi connectivity index (χ4v) is 5.67. The molecule has 3 fully saturated rings. The summed E-state index contributed by atoms with van der Waals surface area (Å²) in [5.74, 6) is 0.918. The van der Waals surface area contributed by atoms with Gasteiger partial charge in [-0.15, -0.1) is 12.4 Å². The van der Waals surface area contributed by atoms with Crippen LogP contribution in [0.15, 0.2) is 30.5 Å². The molecule has 0 radical (unpaired) electrons. The average molecular weight is 574 g/mol. The fourth-order valence-electron chi connectivity index (χ4n) is 5.67. The molecule has 214 valence electrons. The molecular weight excluding hydrogens is 541 g/mol. The van der Waals surface area contributed by atoms with E-state index in [0.29, 0.717) is 73.3 Å². The number of carbonyl (C=O) groups is 1. The van der Waals surface area contributed by atoms with Gasteiger partial charge in [-0.3, -0.25) is 9.78 Å². The standard InChI is InChI=1S/C28H32FN5O5.ClH/c1-36-12-13-37-24-5-3-21-25(34-24)19(20(29)15-30-21)6-7-28-10-8-27(9-11-28,17-39-28)31-14-18-2-4-22-26(32-18)33-23(35)16-38-22;/h2-5,15,31H,6-14,16-17H2,1H3,(H,32,33,35);1H. The van der Waals surface area contributed by atoms with Crippen molar-refractivity contribution >= 4 is 35.2 Å². The van der Waals surface area contributed by atoms with E-state index >= 15 is 0 Å². The minimum absolute atomic E-state index is 0. The van der Waals surface area contributed by atoms with Gasteiger partial charge in [0.15, 0.2) is 18.2 Å². The van der Waals surface area contributed by atoms with Crippen molar-refractivity contribution in [2.24, 2.45) is 0 Å². The van der Waals surface area contributed by atoms with E-state index < -0.39 is 0 Å². The number of aryl methyl sites for hydroxylation is 1. The average Bonchev–Trinajstić information content (AvgIpc) is 2.96. The summed E-state index contributed by atoms with van der Waals surface area (Å²) in [5, 5.41) is 6.42. The zero-order chi connectivity index (χ0) is 26.9. The number of rotatable bonds is 10. The molecule has 7 rings (SSSR count). The van der Waals surface area contributed by atoms with Gasteiger partial charge in [0.05, 0.1) is 41.7 Å². The second-order valence-corrected chi connectivity index (χ2v) is 10.5. The van der Waals surface area contributed by atoms with Gasteiger partial charge in [-0.1, -0.05) is 0 Å². The number of hydrogen-bond donors (Lipinski definition) is 2. The molecule has 2 saturated heterocycles. The highest BCUT2D eigenvalue weighted by Crippen LogP contribution is 2.46. The van der Waals surface area contributed by atoms with Gasteiger partial charge >= 0.3 is 0 Å². The quantitative estimate of drug-likeness (QED) is 0.350. The molecule has 3 aromatic heterocycles. The number of methoxy groups -OCH3 is 1. The summed E-state index contributed by atoms with van der Waals surface area (Å²) >= 11 is 0. The zero-order valence-electron chi connectivity index (χ0n) is 22.3. The predicted octanol–water partition coefficient (Wildman–Crippen LogP) is 3.75. The Bertz CT molecular complexity index is 1370. The molecule has 1 aliphatic carbocycles. The monoisotopic (exact) mass is 573 g/mol. The van der Waals surface area contributed by atoms with Crippen LogP contribution >= 0.6 is 12.4 Å². The molecular formula is C28H33ClFN5O5. The maximum Gasteiger partial charge on any atom is 0.263 e. The third-order valence-electron chi connectivity index (χ3n) is 8.06. The minimum Gasteiger partial charge on any atom is -0.480 e. The molecule has 1 amide bonds. The van der Waals surface area contributed by atoms with Gasteiger partial charge in [-0.25, -0.2) is 14.4 Å². The number of halogens is 2. The van der Waals surface area contributed by atoms with Gasteiger partial charge in [0.25, 0.3) is 5.91 Å². The van der Waals surface area contributed by atoms with Crippen LogP contribution in [0.5, 0.6) is 11.6 Å². The molecule has 0 unspecified atom stereocenters. The van der Waals surface area contributed by atoms with Gasteiger partial charge in [-0.2, -0.15) is 0 Å². The smallest absolute Gasteiger partial charge is 0.263 e. The fraction of sp³-hybridized carbons (Fsp3) is 0.500. The molecule has 2 N–H and O–H groups in total. The van der Waals surface area contributed by atoms with Gasteiger partial charge < -0.3 is 29.6 Å². The number of hydrogen-bond acceptors (Lipinski definition) is 9. The lowest BCUT2D eigenvalue weighted by atomic mass is 9.69. The first-order chi connectivity index (χ1) is 19.0. The lowest BCUT2D eigenvalue weighted by Gasteiger charge is -2.53. The number of anilines is 1. The Hall–Kier alpha value is -3.12. The van der Waals surface area contributed by atoms with Crippen molar-refractivity contribution in [1.29, 1.82) is 0 Å². The van der Waals surface area contributed by atoms with Crippen molar-refractivity contribution in [3.63, 3.8) is 0 Å². The van der Waals surface area contributed by atoms with Crippen molar-refractivity contribution in [3.05, 3.63) is 47.5 Å². The first kappa shape index (κ1) is 28.4. The molecule has 3 aliphatic heterocycles. The molecule has 4 aliphatic rings. The SMILES string of the molecule is COCCOc1ccc2ncc(F)c(CCC34CCC(NCc5ccc6c(n5)NC(=O)CO6)(CC3)CO4)c2n1.Cl. The first-order valence-corrected chi connectivity index (χ1v) is 13.3. The number of nitrogens with one attached hydrogen (secondary N) is 2. The molecule has 12 heteroatoms. The molecule has 2 bridgehead atoms. The summed E-state index contributed by atoms with van der Waals surface area (Å²) < 4.78 is 37.5. The number of amides is 1. The number of ether oxygens (including phenoxy) is 4. The third kappa shape index (κ3) is 5.83. The van der Waals surface area contributed by atoms with E-state index in [1.54, 1.807) is 13.2 Å². The summed E-state index contributed by atoms with van der Waals surface area (Å²) in [6.07, 6.45) is 6.21. The van der Waals surface area contributed by atoms with Crippen LogP contribution < -0.4 is 20.1 Å². The van der Waals surface area contributed by atoms with Crippen LogP contribution in [0.1, 0.15) is 43.4 Å². The molecule has 0 spiro atoms. The van der Waals surface area contributed by atoms with Gasteiger partial charge in [-0.05, 0) is 56.7 Å². The number of fused-ring (bicyclic) bond motifs is 5. The van der Waals surface area contributed by atoms with E-state index in [2.05, 4.69) is 25.6 Å². The van der Waals surface area contributed by atoms with Gasteiger partial charge in [0, 0.05) is 30.8 Å². The number of aromatic nitrogens is 3. The van der Waals surface area contributed by atoms with Crippen molar-refractivity contribution in [2.45, 2.75) is 56.2 Å². The van der Waals surface area contributed by atoms with E-state index in [1.165, 1.54) is 6.20 Å². The highest BCUT2D eigenvalue weighted by molar-refractivity contribution is 5.94. The van der Waals surface area contributed by atoms with Crippen molar-refractivity contribution in [2.75, 3.05) is 38.9 Å². The van der Waals surface area contributed by atoms with Crippen LogP contribution in [0.25, 0.3) is 11.0 Å². The first-order valence-electron chi connectivity index (χ1n) is 13.3. The Labute approximate surface area is 237 Å². The van der Waals surface area contributed by atoms with Crippen molar-refractivity contribution < 1.29 is 28.1 Å². The van der Waals surface area contributed by atoms with Gasteiger partial charge in [0.1, 0.15) is 12.4 Å². The van der Waals surface area contributed by atoms with E-state index in [-0.39, 0.29) is 41.9 Å². The Morgan fingerprint density at radius 2 is 1.98 bits per heavy atom. The second kappa shape index (κ2) is 11.8. The summed E-state index contributed by atoms with van der Waals surface area (Å²) in [4.78, 5) is 24.9. The van der Waals surface area contributed by atoms with Crippen molar-refractivity contribution in [3.8, 4) is 11.6 Å². The third-order valence-corrected chi connectivity index (χ3v) is 8.06. The van der Waals surface area contributed by atoms with Crippen LogP contribution in [0.4, 0.5) is 10.2 Å². The van der Waals surface area contributed by atoms with Crippen LogP contribution in [0, 0.1) is 5.82 Å². The maximum absolute atomic E-state index is 14.9. The Balaban J connectivity index is 0.00000323. The Kier molecular flexibility index (Phi) is 8.37. The Morgan fingerprint density at radius 3 is 2.75 bits per heavy atom. The highest BCUT2D eigenvalue weighted by Gasteiger charge is 2.49. The lowest BCUT2D eigenvalue weighted by Crippen LogP contribution is -2.61. The van der Waals surface area contributed by atoms with E-state index in [9.17, 15) is 9.18 Å². The summed E-state index contributed by atoms with van der Waals surface area (Å²) in [6.45, 7) is 1.98. The maximum atomic E-state index is 14.9. The molecule has 0 atom stereocenters. The second-order valence-electron chi connectivity index (χ2n) is 10.5. The van der Waals surface area contributed by atoms with Crippen LogP contribution in [-0.4, -0.2) is 65.5 Å². The minimum atomic E-state index is -0.359. The normalized spacial score (nSPS) is 23.2. The topological polar surface area (TPSA) is 117 Å². The molecule has 3 aromatic rings. The predicted molar refractivity (Wildman–Crippen MR) is 148 cm³/mol. The van der Waals surface area contributed by atoms with E-state index in [1.807, 2.05) is 18.2 Å². The lowest BCUT2D eigenvalue weighted by molar-refractivity contribution is -0.165. The molecule has 0 aromatic carbocycles. The molecule has 40 heavy (non-hydrogen) atoms. The van der Waals surface area contributed by atoms with Gasteiger partial charge in [0.2, 0.25) is 5.88 Å². The summed E-state index contributed by atoms with van der Waals surface area (Å²) in [6, 6.07) is 7.30. The van der Waals surface area contributed by atoms with Crippen LogP contribution in [0.2, 0.25) is 0 Å². The molecule has 1 saturated carbocycles. The van der Waals surface area contributed by atoms with E-state index in [4.69, 9.17) is 18.9 Å². The summed E-state index contributed by atoms with van der Waals surface area (Å²) in [7, 11) is 1.61. The summed E-state index contributed by atoms with van der Waals surface area (Å²) in [5.41, 5.74) is 2.15. The van der Waals surface area contributed by atoms with Crippen LogP contribution in [0.3, 0.4) is 0 Å². The molecule has 6 heterocycles. The largest absolute Gasteiger partial charge is 0.480 e.